The Labute approximate surface area is 143 Å². The molecule has 24 heavy (non-hydrogen) atoms. The van der Waals surface area contributed by atoms with E-state index in [0.29, 0.717) is 17.8 Å². The Bertz CT molecular complexity index is 664. The maximum Gasteiger partial charge on any atom is 0.222 e. The summed E-state index contributed by atoms with van der Waals surface area (Å²) in [6, 6.07) is 0. The third-order valence-electron chi connectivity index (χ3n) is 6.64. The first-order valence-electron chi connectivity index (χ1n) is 9.61. The van der Waals surface area contributed by atoms with Crippen LogP contribution in [-0.4, -0.2) is 36.1 Å². The molecule has 1 aliphatic heterocycles. The van der Waals surface area contributed by atoms with E-state index in [1.807, 2.05) is 0 Å². The Morgan fingerprint density at radius 1 is 1.04 bits per heavy atom. The van der Waals surface area contributed by atoms with E-state index < -0.39 is 0 Å². The van der Waals surface area contributed by atoms with E-state index in [0.717, 1.165) is 50.3 Å². The normalized spacial score (nSPS) is 34.6. The van der Waals surface area contributed by atoms with Crippen molar-refractivity contribution in [2.45, 2.75) is 38.0 Å². The molecular formula is C19H27N5. The summed E-state index contributed by atoms with van der Waals surface area (Å²) in [5.74, 6) is 4.34. The predicted octanol–water partition coefficient (Wildman–Crippen LogP) is 2.10. The lowest BCUT2D eigenvalue weighted by atomic mass is 9.60. The molecule has 3 N–H and O–H groups in total. The number of nitrogens with one attached hydrogen (secondary N) is 1. The van der Waals surface area contributed by atoms with Crippen molar-refractivity contribution in [3.8, 4) is 0 Å². The predicted molar refractivity (Wildman–Crippen MR) is 96.1 cm³/mol. The Kier molecular flexibility index (Phi) is 3.51. The summed E-state index contributed by atoms with van der Waals surface area (Å²) in [6.45, 7) is 4.09. The van der Waals surface area contributed by atoms with Gasteiger partial charge < -0.3 is 16.0 Å². The van der Waals surface area contributed by atoms with Crippen molar-refractivity contribution in [1.29, 1.82) is 0 Å². The molecule has 0 amide bonds. The summed E-state index contributed by atoms with van der Waals surface area (Å²) < 4.78 is 0. The quantitative estimate of drug-likeness (QED) is 0.774. The van der Waals surface area contributed by atoms with Crippen LogP contribution in [-0.2, 0) is 6.42 Å². The van der Waals surface area contributed by atoms with Crippen LogP contribution in [0.2, 0.25) is 0 Å². The highest BCUT2D eigenvalue weighted by Crippen LogP contribution is 2.54. The molecule has 1 saturated heterocycles. The fourth-order valence-corrected chi connectivity index (χ4v) is 5.58. The van der Waals surface area contributed by atoms with Crippen LogP contribution in [0.5, 0.6) is 0 Å². The highest BCUT2D eigenvalue weighted by atomic mass is 15.2. The van der Waals surface area contributed by atoms with Gasteiger partial charge in [-0.05, 0) is 49.9 Å². The Hall–Kier alpha value is -1.62. The minimum Gasteiger partial charge on any atom is -0.368 e. The van der Waals surface area contributed by atoms with E-state index in [-0.39, 0.29) is 0 Å². The molecule has 128 valence electrons. The van der Waals surface area contributed by atoms with Gasteiger partial charge in [0.05, 0.1) is 5.69 Å². The molecule has 4 unspecified atom stereocenters. The number of fused-ring (bicyclic) bond motifs is 2. The van der Waals surface area contributed by atoms with E-state index in [1.54, 1.807) is 0 Å². The van der Waals surface area contributed by atoms with Crippen LogP contribution < -0.4 is 16.0 Å². The molecular weight excluding hydrogens is 298 g/mol. The van der Waals surface area contributed by atoms with Gasteiger partial charge in [0.15, 0.2) is 0 Å². The Morgan fingerprint density at radius 2 is 1.83 bits per heavy atom. The molecule has 1 aromatic rings. The zero-order valence-electron chi connectivity index (χ0n) is 14.2. The van der Waals surface area contributed by atoms with E-state index in [1.165, 1.54) is 36.9 Å². The highest BCUT2D eigenvalue weighted by Gasteiger charge is 2.44. The third-order valence-corrected chi connectivity index (χ3v) is 6.64. The Balaban J connectivity index is 1.62. The second-order valence-corrected chi connectivity index (χ2v) is 7.88. The van der Waals surface area contributed by atoms with E-state index in [9.17, 15) is 0 Å². The van der Waals surface area contributed by atoms with Crippen molar-refractivity contribution >= 4 is 11.8 Å². The molecule has 4 atom stereocenters. The third kappa shape index (κ3) is 2.25. The van der Waals surface area contributed by atoms with Crippen molar-refractivity contribution in [3.05, 3.63) is 23.4 Å². The van der Waals surface area contributed by atoms with Crippen molar-refractivity contribution < 1.29 is 0 Å². The van der Waals surface area contributed by atoms with Crippen molar-refractivity contribution in [2.75, 3.05) is 36.8 Å². The highest BCUT2D eigenvalue weighted by molar-refractivity contribution is 5.54. The first-order chi connectivity index (χ1) is 11.8. The van der Waals surface area contributed by atoms with Crippen molar-refractivity contribution in [1.82, 2.24) is 15.3 Å². The van der Waals surface area contributed by atoms with Crippen LogP contribution in [0.3, 0.4) is 0 Å². The number of piperazine rings is 1. The summed E-state index contributed by atoms with van der Waals surface area (Å²) in [5.41, 5.74) is 8.87. The lowest BCUT2D eigenvalue weighted by Gasteiger charge is -2.44. The molecule has 2 fully saturated rings. The molecule has 2 heterocycles. The van der Waals surface area contributed by atoms with Crippen LogP contribution >= 0.6 is 0 Å². The number of nitrogens with two attached hydrogens (primary N) is 1. The standard InChI is InChI=1S/C19H27N5/c20-19-22-17-15(18(23-19)24-10-8-21-9-11-24)3-1-2-14-12-4-6-13(7-5-12)16(14)17/h4,6,12-14,16,21H,1-3,5,7-11H2,(H2,20,22,23). The number of anilines is 2. The number of allylic oxidation sites excluding steroid dienone is 2. The van der Waals surface area contributed by atoms with Gasteiger partial charge in [-0.2, -0.15) is 4.98 Å². The smallest absolute Gasteiger partial charge is 0.222 e. The number of aromatic nitrogens is 2. The van der Waals surface area contributed by atoms with Gasteiger partial charge in [0.25, 0.3) is 0 Å². The molecule has 1 aromatic heterocycles. The van der Waals surface area contributed by atoms with Crippen LogP contribution in [0.15, 0.2) is 12.2 Å². The van der Waals surface area contributed by atoms with E-state index >= 15 is 0 Å². The van der Waals surface area contributed by atoms with Gasteiger partial charge in [-0.1, -0.05) is 12.2 Å². The number of rotatable bonds is 1. The average Bonchev–Trinajstić information content (AvgIpc) is 2.84. The topological polar surface area (TPSA) is 67.1 Å². The van der Waals surface area contributed by atoms with Crippen molar-refractivity contribution in [3.63, 3.8) is 0 Å². The SMILES string of the molecule is Nc1nc2c(c(N3CCNCC3)n1)CCCC1C3C=CC(CC3)C21. The molecule has 1 saturated carbocycles. The Morgan fingerprint density at radius 3 is 2.62 bits per heavy atom. The number of nitrogen functional groups attached to an aromatic ring is 1. The van der Waals surface area contributed by atoms with Gasteiger partial charge >= 0.3 is 0 Å². The fourth-order valence-electron chi connectivity index (χ4n) is 5.58. The monoisotopic (exact) mass is 325 g/mol. The maximum absolute atomic E-state index is 6.18. The number of hydrogen-bond acceptors (Lipinski definition) is 5. The first-order valence-corrected chi connectivity index (χ1v) is 9.61. The molecule has 6 rings (SSSR count). The largest absolute Gasteiger partial charge is 0.368 e. The van der Waals surface area contributed by atoms with Crippen LogP contribution in [0.25, 0.3) is 0 Å². The molecule has 0 spiro atoms. The summed E-state index contributed by atoms with van der Waals surface area (Å²) in [7, 11) is 0. The van der Waals surface area contributed by atoms with E-state index in [2.05, 4.69) is 22.4 Å². The fraction of sp³-hybridized carbons (Fsp3) is 0.684. The van der Waals surface area contributed by atoms with Gasteiger partial charge in [-0.25, -0.2) is 4.98 Å². The molecule has 0 aromatic carbocycles. The summed E-state index contributed by atoms with van der Waals surface area (Å²) in [4.78, 5) is 11.9. The molecule has 4 aliphatic carbocycles. The van der Waals surface area contributed by atoms with Gasteiger partial charge in [-0.15, -0.1) is 0 Å². The summed E-state index contributed by atoms with van der Waals surface area (Å²) >= 11 is 0. The minimum absolute atomic E-state index is 0.466. The maximum atomic E-state index is 6.18. The van der Waals surface area contributed by atoms with Crippen LogP contribution in [0.1, 0.15) is 42.9 Å². The zero-order valence-corrected chi connectivity index (χ0v) is 14.2. The molecule has 5 aliphatic rings. The minimum atomic E-state index is 0.466. The van der Waals surface area contributed by atoms with Crippen LogP contribution in [0, 0.1) is 17.8 Å². The van der Waals surface area contributed by atoms with Gasteiger partial charge in [0.2, 0.25) is 5.95 Å². The second kappa shape index (κ2) is 5.73. The lowest BCUT2D eigenvalue weighted by Crippen LogP contribution is -2.44. The van der Waals surface area contributed by atoms with Crippen molar-refractivity contribution in [2.24, 2.45) is 17.8 Å². The summed E-state index contributed by atoms with van der Waals surface area (Å²) in [5, 5.41) is 3.43. The molecule has 5 heteroatoms. The van der Waals surface area contributed by atoms with Gasteiger partial charge in [0.1, 0.15) is 5.82 Å². The first kappa shape index (κ1) is 14.7. The van der Waals surface area contributed by atoms with Crippen LogP contribution in [0.4, 0.5) is 11.8 Å². The average molecular weight is 325 g/mol. The zero-order chi connectivity index (χ0) is 16.1. The molecule has 2 bridgehead atoms. The number of hydrogen-bond donors (Lipinski definition) is 2. The van der Waals surface area contributed by atoms with Gasteiger partial charge in [0, 0.05) is 37.7 Å². The van der Waals surface area contributed by atoms with Gasteiger partial charge in [-0.3, -0.25) is 0 Å². The number of nitrogens with zero attached hydrogens (tertiary/aromatic N) is 3. The second-order valence-electron chi connectivity index (χ2n) is 7.88. The lowest BCUT2D eigenvalue weighted by molar-refractivity contribution is 0.169. The van der Waals surface area contributed by atoms with E-state index in [4.69, 9.17) is 15.7 Å². The molecule has 5 nitrogen and oxygen atoms in total. The summed E-state index contributed by atoms with van der Waals surface area (Å²) in [6.07, 6.45) is 11.3. The molecule has 0 radical (unpaired) electrons.